The van der Waals surface area contributed by atoms with Gasteiger partial charge in [-0.2, -0.15) is 0 Å². The Balaban J connectivity index is 0.000000366. The van der Waals surface area contributed by atoms with Crippen LogP contribution in [0.25, 0.3) is 0 Å². The van der Waals surface area contributed by atoms with Gasteiger partial charge in [0.05, 0.1) is 6.54 Å². The van der Waals surface area contributed by atoms with E-state index < -0.39 is 5.97 Å². The van der Waals surface area contributed by atoms with E-state index in [0.717, 1.165) is 12.1 Å². The summed E-state index contributed by atoms with van der Waals surface area (Å²) in [7, 11) is 0. The van der Waals surface area contributed by atoms with E-state index in [1.165, 1.54) is 6.34 Å². The molecule has 1 amide bonds. The van der Waals surface area contributed by atoms with Crippen LogP contribution in [0.5, 0.6) is 0 Å². The second kappa shape index (κ2) is 9.46. The lowest BCUT2D eigenvalue weighted by Gasteiger charge is -1.95. The molecule has 1 rings (SSSR count). The minimum atomic E-state index is -0.746. The summed E-state index contributed by atoms with van der Waals surface area (Å²) >= 11 is 0. The molecule has 5 N–H and O–H groups in total. The zero-order chi connectivity index (χ0) is 13.1. The van der Waals surface area contributed by atoms with Gasteiger partial charge in [-0.1, -0.05) is 0 Å². The number of primary amides is 1. The van der Waals surface area contributed by atoms with E-state index in [9.17, 15) is 9.59 Å². The standard InChI is InChI=1S/C7H10N2O2.C3H8N2O/c10-7(11)3-1-2-6-4-8-5-9-6;4-2-1-3(5)6/h5H,1-4H2,(H,10,11);1-2,4H2,(H2,5,6). The molecule has 0 saturated heterocycles. The summed E-state index contributed by atoms with van der Waals surface area (Å²) in [6, 6.07) is 0. The molecule has 17 heavy (non-hydrogen) atoms. The van der Waals surface area contributed by atoms with Gasteiger partial charge in [0.15, 0.2) is 0 Å². The summed E-state index contributed by atoms with van der Waals surface area (Å²) in [6.07, 6.45) is 3.46. The lowest BCUT2D eigenvalue weighted by atomic mass is 10.2. The molecule has 0 aromatic rings. The first kappa shape index (κ1) is 15.2. The van der Waals surface area contributed by atoms with E-state index in [1.54, 1.807) is 0 Å². The smallest absolute Gasteiger partial charge is 0.303 e. The number of aliphatic imine (C=N–C) groups is 2. The van der Waals surface area contributed by atoms with E-state index in [1.807, 2.05) is 0 Å². The van der Waals surface area contributed by atoms with Crippen molar-refractivity contribution >= 4 is 23.9 Å². The highest BCUT2D eigenvalue weighted by Gasteiger charge is 2.03. The minimum absolute atomic E-state index is 0.221. The molecule has 7 nitrogen and oxygen atoms in total. The Hall–Kier alpha value is -1.76. The Labute approximate surface area is 99.6 Å². The van der Waals surface area contributed by atoms with Crippen LogP contribution in [0.3, 0.4) is 0 Å². The molecule has 0 fully saturated rings. The van der Waals surface area contributed by atoms with Crippen LogP contribution in [0.15, 0.2) is 9.98 Å². The SMILES string of the molecule is NCCC(N)=O.O=C(O)CCCC1=NC=NC1. The fourth-order valence-corrected chi connectivity index (χ4v) is 1.04. The Morgan fingerprint density at radius 2 is 2.12 bits per heavy atom. The quantitative estimate of drug-likeness (QED) is 0.581. The molecule has 0 unspecified atom stereocenters. The van der Waals surface area contributed by atoms with Crippen molar-refractivity contribution in [3.63, 3.8) is 0 Å². The third-order valence-corrected chi connectivity index (χ3v) is 1.84. The van der Waals surface area contributed by atoms with Crippen LogP contribution < -0.4 is 11.5 Å². The molecule has 0 aromatic heterocycles. The largest absolute Gasteiger partial charge is 0.481 e. The van der Waals surface area contributed by atoms with Crippen molar-refractivity contribution in [2.24, 2.45) is 21.5 Å². The maximum absolute atomic E-state index is 10.1. The first-order valence-electron chi connectivity index (χ1n) is 5.30. The van der Waals surface area contributed by atoms with Crippen molar-refractivity contribution in [3.05, 3.63) is 0 Å². The van der Waals surface area contributed by atoms with Gasteiger partial charge in [-0.3, -0.25) is 14.6 Å². The van der Waals surface area contributed by atoms with Crippen molar-refractivity contribution < 1.29 is 14.7 Å². The molecule has 1 heterocycles. The lowest BCUT2D eigenvalue weighted by Crippen LogP contribution is -2.15. The second-order valence-corrected chi connectivity index (χ2v) is 3.40. The summed E-state index contributed by atoms with van der Waals surface area (Å²) in [5.74, 6) is -1.08. The molecule has 0 atom stereocenters. The van der Waals surface area contributed by atoms with E-state index in [2.05, 4.69) is 15.7 Å². The maximum Gasteiger partial charge on any atom is 0.303 e. The molecular formula is C10H18N4O3. The topological polar surface area (TPSA) is 131 Å². The first-order valence-corrected chi connectivity index (χ1v) is 5.30. The predicted octanol–water partition coefficient (Wildman–Crippen LogP) is -0.455. The van der Waals surface area contributed by atoms with Gasteiger partial charge in [0.2, 0.25) is 5.91 Å². The molecule has 0 spiro atoms. The van der Waals surface area contributed by atoms with Crippen LogP contribution in [0.4, 0.5) is 0 Å². The van der Waals surface area contributed by atoms with Gasteiger partial charge in [-0.15, -0.1) is 0 Å². The number of hydrogen-bond donors (Lipinski definition) is 3. The number of aliphatic carboxylic acids is 1. The molecule has 0 radical (unpaired) electrons. The molecule has 7 heteroatoms. The highest BCUT2D eigenvalue weighted by molar-refractivity contribution is 5.96. The predicted molar refractivity (Wildman–Crippen MR) is 65.1 cm³/mol. The van der Waals surface area contributed by atoms with Crippen LogP contribution in [0, 0.1) is 0 Å². The van der Waals surface area contributed by atoms with Crippen LogP contribution in [-0.4, -0.2) is 42.1 Å². The fourth-order valence-electron chi connectivity index (χ4n) is 1.04. The first-order chi connectivity index (χ1) is 8.06. The highest BCUT2D eigenvalue weighted by Crippen LogP contribution is 2.01. The zero-order valence-electron chi connectivity index (χ0n) is 9.63. The average molecular weight is 242 g/mol. The van der Waals surface area contributed by atoms with Crippen molar-refractivity contribution in [2.75, 3.05) is 13.1 Å². The number of nitrogens with zero attached hydrogens (tertiary/aromatic N) is 2. The summed E-state index contributed by atoms with van der Waals surface area (Å²) in [5.41, 5.74) is 10.6. The molecular weight excluding hydrogens is 224 g/mol. The minimum Gasteiger partial charge on any atom is -0.481 e. The number of carboxylic acid groups (broad SMARTS) is 1. The molecule has 96 valence electrons. The van der Waals surface area contributed by atoms with Crippen LogP contribution in [0.1, 0.15) is 25.7 Å². The number of rotatable bonds is 6. The monoisotopic (exact) mass is 242 g/mol. The fraction of sp³-hybridized carbons (Fsp3) is 0.600. The third-order valence-electron chi connectivity index (χ3n) is 1.84. The number of hydrogen-bond acceptors (Lipinski definition) is 5. The van der Waals surface area contributed by atoms with Gasteiger partial charge in [-0.05, 0) is 12.8 Å². The van der Waals surface area contributed by atoms with Gasteiger partial charge in [0, 0.05) is 25.1 Å². The van der Waals surface area contributed by atoms with E-state index in [0.29, 0.717) is 25.9 Å². The van der Waals surface area contributed by atoms with Crippen molar-refractivity contribution in [3.8, 4) is 0 Å². The van der Waals surface area contributed by atoms with Crippen molar-refractivity contribution in [2.45, 2.75) is 25.7 Å². The molecule has 0 aromatic carbocycles. The molecule has 0 bridgehead atoms. The molecule has 0 saturated carbocycles. The Morgan fingerprint density at radius 3 is 2.47 bits per heavy atom. The van der Waals surface area contributed by atoms with Crippen LogP contribution in [0.2, 0.25) is 0 Å². The maximum atomic E-state index is 10.1. The Bertz CT molecular complexity index is 313. The Morgan fingerprint density at radius 1 is 1.41 bits per heavy atom. The number of carbonyl (C=O) groups is 2. The number of nitrogens with two attached hydrogens (primary N) is 2. The van der Waals surface area contributed by atoms with Gasteiger partial charge in [0.1, 0.15) is 6.34 Å². The highest BCUT2D eigenvalue weighted by atomic mass is 16.4. The van der Waals surface area contributed by atoms with E-state index in [-0.39, 0.29) is 12.3 Å². The third kappa shape index (κ3) is 10.5. The van der Waals surface area contributed by atoms with Gasteiger partial charge >= 0.3 is 5.97 Å². The van der Waals surface area contributed by atoms with Crippen molar-refractivity contribution in [1.82, 2.24) is 0 Å². The van der Waals surface area contributed by atoms with Gasteiger partial charge < -0.3 is 16.6 Å². The van der Waals surface area contributed by atoms with Gasteiger partial charge in [0.25, 0.3) is 0 Å². The summed E-state index contributed by atoms with van der Waals surface area (Å²) in [5, 5.41) is 8.32. The summed E-state index contributed by atoms with van der Waals surface area (Å²) in [6.45, 7) is 1.01. The zero-order valence-corrected chi connectivity index (χ0v) is 9.63. The van der Waals surface area contributed by atoms with Crippen LogP contribution in [-0.2, 0) is 9.59 Å². The molecule has 1 aliphatic heterocycles. The molecule has 0 aliphatic carbocycles. The van der Waals surface area contributed by atoms with E-state index >= 15 is 0 Å². The number of carboxylic acids is 1. The van der Waals surface area contributed by atoms with Crippen LogP contribution >= 0.6 is 0 Å². The van der Waals surface area contributed by atoms with Crippen molar-refractivity contribution in [1.29, 1.82) is 0 Å². The normalized spacial score (nSPS) is 12.6. The number of carbonyl (C=O) groups excluding carboxylic acids is 1. The average Bonchev–Trinajstić information content (AvgIpc) is 2.70. The Kier molecular flexibility index (Phi) is 8.48. The van der Waals surface area contributed by atoms with Gasteiger partial charge in [-0.25, -0.2) is 4.99 Å². The number of amides is 1. The summed E-state index contributed by atoms with van der Waals surface area (Å²) in [4.78, 5) is 27.7. The lowest BCUT2D eigenvalue weighted by molar-refractivity contribution is -0.137. The van der Waals surface area contributed by atoms with E-state index in [4.69, 9.17) is 10.8 Å². The second-order valence-electron chi connectivity index (χ2n) is 3.40. The summed E-state index contributed by atoms with van der Waals surface area (Å²) < 4.78 is 0. The molecule has 1 aliphatic rings.